The molecule has 0 aliphatic rings. The number of rotatable bonds is 6. The number of nitrogens with two attached hydrogens (primary N) is 1. The lowest BCUT2D eigenvalue weighted by Gasteiger charge is -2.13. The van der Waals surface area contributed by atoms with E-state index in [0.29, 0.717) is 0 Å². The number of amides is 1. The summed E-state index contributed by atoms with van der Waals surface area (Å²) in [4.78, 5) is 11.3. The summed E-state index contributed by atoms with van der Waals surface area (Å²) in [5, 5.41) is 0. The molecule has 0 fully saturated rings. The van der Waals surface area contributed by atoms with Crippen LogP contribution in [0.15, 0.2) is 30.3 Å². The van der Waals surface area contributed by atoms with Gasteiger partial charge in [-0.05, 0) is 12.0 Å². The van der Waals surface area contributed by atoms with Gasteiger partial charge in [-0.25, -0.2) is 0 Å². The van der Waals surface area contributed by atoms with Crippen LogP contribution >= 0.6 is 0 Å². The Hall–Kier alpha value is -1.31. The number of hydrogen-bond donors (Lipinski definition) is 1. The Morgan fingerprint density at radius 2 is 1.93 bits per heavy atom. The quantitative estimate of drug-likeness (QED) is 0.713. The Morgan fingerprint density at radius 3 is 2.47 bits per heavy atom. The van der Waals surface area contributed by atoms with Crippen molar-refractivity contribution >= 4 is 5.91 Å². The molecule has 0 bridgehead atoms. The summed E-state index contributed by atoms with van der Waals surface area (Å²) in [5.41, 5.74) is 6.45. The van der Waals surface area contributed by atoms with Crippen molar-refractivity contribution in [1.82, 2.24) is 0 Å². The Bertz CT molecular complexity index is 295. The lowest BCUT2D eigenvalue weighted by Crippen LogP contribution is -2.21. The molecule has 1 amide bonds. The van der Waals surface area contributed by atoms with Crippen LogP contribution in [0.1, 0.15) is 44.1 Å². The fraction of sp³-hybridized carbons (Fsp3) is 0.462. The van der Waals surface area contributed by atoms with Crippen LogP contribution in [-0.4, -0.2) is 5.91 Å². The first-order chi connectivity index (χ1) is 7.25. The van der Waals surface area contributed by atoms with Gasteiger partial charge in [-0.3, -0.25) is 4.79 Å². The smallest absolute Gasteiger partial charge is 0.224 e. The molecule has 1 rings (SSSR count). The van der Waals surface area contributed by atoms with Crippen LogP contribution in [0.4, 0.5) is 0 Å². The molecule has 1 unspecified atom stereocenters. The number of benzene rings is 1. The Balaban J connectivity index is 2.62. The zero-order chi connectivity index (χ0) is 11.1. The standard InChI is InChI=1S/C13H19NO/c1-2-3-5-10-12(13(14)15)11-8-6-4-7-9-11/h4,6-9,12H,2-3,5,10H2,1H3,(H2,14,15). The molecule has 0 radical (unpaired) electrons. The zero-order valence-electron chi connectivity index (χ0n) is 9.28. The normalized spacial score (nSPS) is 12.3. The van der Waals surface area contributed by atoms with E-state index >= 15 is 0 Å². The van der Waals surface area contributed by atoms with Gasteiger partial charge in [0.2, 0.25) is 5.91 Å². The van der Waals surface area contributed by atoms with Crippen LogP contribution in [0, 0.1) is 0 Å². The third-order valence-electron chi connectivity index (χ3n) is 2.64. The van der Waals surface area contributed by atoms with Crippen molar-refractivity contribution in [3.8, 4) is 0 Å². The van der Waals surface area contributed by atoms with Crippen molar-refractivity contribution in [1.29, 1.82) is 0 Å². The van der Waals surface area contributed by atoms with Gasteiger partial charge >= 0.3 is 0 Å². The average molecular weight is 205 g/mol. The van der Waals surface area contributed by atoms with E-state index in [1.165, 1.54) is 6.42 Å². The summed E-state index contributed by atoms with van der Waals surface area (Å²) in [6.45, 7) is 2.15. The SMILES string of the molecule is CCCCCC(C(N)=O)c1ccccc1. The first-order valence-electron chi connectivity index (χ1n) is 5.60. The second-order valence-corrected chi connectivity index (χ2v) is 3.86. The fourth-order valence-corrected chi connectivity index (χ4v) is 1.76. The minimum Gasteiger partial charge on any atom is -0.369 e. The molecule has 2 heteroatoms. The summed E-state index contributed by atoms with van der Waals surface area (Å²) < 4.78 is 0. The predicted molar refractivity (Wildman–Crippen MR) is 62.5 cm³/mol. The number of unbranched alkanes of at least 4 members (excludes halogenated alkanes) is 2. The Labute approximate surface area is 91.5 Å². The summed E-state index contributed by atoms with van der Waals surface area (Å²) in [6.07, 6.45) is 4.27. The predicted octanol–water partition coefficient (Wildman–Crippen LogP) is 2.84. The van der Waals surface area contributed by atoms with Crippen molar-refractivity contribution in [3.63, 3.8) is 0 Å². The van der Waals surface area contributed by atoms with Gasteiger partial charge in [0, 0.05) is 0 Å². The van der Waals surface area contributed by atoms with Crippen molar-refractivity contribution in [2.24, 2.45) is 5.73 Å². The molecule has 1 aromatic carbocycles. The molecule has 2 N–H and O–H groups in total. The van der Waals surface area contributed by atoms with Crippen molar-refractivity contribution < 1.29 is 4.79 Å². The molecular weight excluding hydrogens is 186 g/mol. The molecule has 0 heterocycles. The van der Waals surface area contributed by atoms with Crippen LogP contribution in [0.5, 0.6) is 0 Å². The molecule has 82 valence electrons. The van der Waals surface area contributed by atoms with Gasteiger partial charge in [-0.2, -0.15) is 0 Å². The molecule has 0 saturated heterocycles. The average Bonchev–Trinajstić information content (AvgIpc) is 2.25. The number of carbonyl (C=O) groups is 1. The minimum absolute atomic E-state index is 0.113. The van der Waals surface area contributed by atoms with E-state index in [-0.39, 0.29) is 11.8 Å². The van der Waals surface area contributed by atoms with Gasteiger partial charge in [0.05, 0.1) is 5.92 Å². The van der Waals surface area contributed by atoms with E-state index in [9.17, 15) is 4.79 Å². The van der Waals surface area contributed by atoms with Crippen LogP contribution in [-0.2, 0) is 4.79 Å². The van der Waals surface area contributed by atoms with Crippen LogP contribution in [0.3, 0.4) is 0 Å². The largest absolute Gasteiger partial charge is 0.369 e. The molecule has 0 aliphatic carbocycles. The number of carbonyl (C=O) groups excluding carboxylic acids is 1. The minimum atomic E-state index is -0.211. The van der Waals surface area contributed by atoms with Crippen molar-refractivity contribution in [2.45, 2.75) is 38.5 Å². The molecule has 0 aromatic heterocycles. The lowest BCUT2D eigenvalue weighted by molar-refractivity contribution is -0.119. The molecule has 0 aliphatic heterocycles. The van der Waals surface area contributed by atoms with E-state index in [2.05, 4.69) is 6.92 Å². The van der Waals surface area contributed by atoms with Crippen LogP contribution in [0.25, 0.3) is 0 Å². The molecule has 0 saturated carbocycles. The highest BCUT2D eigenvalue weighted by atomic mass is 16.1. The summed E-state index contributed by atoms with van der Waals surface area (Å²) in [6, 6.07) is 9.80. The second kappa shape index (κ2) is 6.23. The summed E-state index contributed by atoms with van der Waals surface area (Å²) in [7, 11) is 0. The van der Waals surface area contributed by atoms with Gasteiger partial charge in [0.15, 0.2) is 0 Å². The van der Waals surface area contributed by atoms with Crippen molar-refractivity contribution in [2.75, 3.05) is 0 Å². The fourth-order valence-electron chi connectivity index (χ4n) is 1.76. The van der Waals surface area contributed by atoms with E-state index in [1.54, 1.807) is 0 Å². The molecule has 2 nitrogen and oxygen atoms in total. The van der Waals surface area contributed by atoms with Crippen LogP contribution < -0.4 is 5.73 Å². The molecule has 1 aromatic rings. The maximum absolute atomic E-state index is 11.3. The first-order valence-corrected chi connectivity index (χ1v) is 5.60. The highest BCUT2D eigenvalue weighted by Crippen LogP contribution is 2.21. The first kappa shape index (κ1) is 11.8. The maximum atomic E-state index is 11.3. The molecule has 0 spiro atoms. The van der Waals surface area contributed by atoms with Gasteiger partial charge in [0.1, 0.15) is 0 Å². The molecular formula is C13H19NO. The topological polar surface area (TPSA) is 43.1 Å². The third-order valence-corrected chi connectivity index (χ3v) is 2.64. The van der Waals surface area contributed by atoms with E-state index < -0.39 is 0 Å². The van der Waals surface area contributed by atoms with Gasteiger partial charge in [-0.15, -0.1) is 0 Å². The number of primary amides is 1. The third kappa shape index (κ3) is 3.74. The monoisotopic (exact) mass is 205 g/mol. The van der Waals surface area contributed by atoms with E-state index in [1.807, 2.05) is 30.3 Å². The zero-order valence-corrected chi connectivity index (χ0v) is 9.28. The van der Waals surface area contributed by atoms with Gasteiger partial charge < -0.3 is 5.73 Å². The van der Waals surface area contributed by atoms with Crippen molar-refractivity contribution in [3.05, 3.63) is 35.9 Å². The number of hydrogen-bond acceptors (Lipinski definition) is 1. The molecule has 1 atom stereocenters. The highest BCUT2D eigenvalue weighted by Gasteiger charge is 2.16. The van der Waals surface area contributed by atoms with Gasteiger partial charge in [0.25, 0.3) is 0 Å². The van der Waals surface area contributed by atoms with E-state index in [4.69, 9.17) is 5.73 Å². The molecule has 15 heavy (non-hydrogen) atoms. The summed E-state index contributed by atoms with van der Waals surface area (Å²) in [5.74, 6) is -0.324. The maximum Gasteiger partial charge on any atom is 0.224 e. The summed E-state index contributed by atoms with van der Waals surface area (Å²) >= 11 is 0. The highest BCUT2D eigenvalue weighted by molar-refractivity contribution is 5.81. The Kier molecular flexibility index (Phi) is 4.88. The van der Waals surface area contributed by atoms with Gasteiger partial charge in [-0.1, -0.05) is 56.5 Å². The van der Waals surface area contributed by atoms with Crippen LogP contribution in [0.2, 0.25) is 0 Å². The lowest BCUT2D eigenvalue weighted by atomic mass is 9.93. The second-order valence-electron chi connectivity index (χ2n) is 3.86. The van der Waals surface area contributed by atoms with E-state index in [0.717, 1.165) is 24.8 Å². The Morgan fingerprint density at radius 1 is 1.27 bits per heavy atom.